The molecule has 1 fully saturated rings. The maximum Gasteiger partial charge on any atom is 0.123 e. The molecule has 3 nitrogen and oxygen atoms in total. The molecular weight excluding hydrogens is 467 g/mol. The Balaban J connectivity index is 1.32. The lowest BCUT2D eigenvalue weighted by molar-refractivity contribution is -0.0970. The summed E-state index contributed by atoms with van der Waals surface area (Å²) >= 11 is 4.00. The van der Waals surface area contributed by atoms with Gasteiger partial charge in [0.15, 0.2) is 0 Å². The number of halogens is 2. The number of hydrogen-bond donors (Lipinski definition) is 0. The Morgan fingerprint density at radius 1 is 0.938 bits per heavy atom. The van der Waals surface area contributed by atoms with E-state index in [1.54, 1.807) is 17.2 Å². The quantitative estimate of drug-likeness (QED) is 0.332. The van der Waals surface area contributed by atoms with E-state index in [-0.39, 0.29) is 10.8 Å². The summed E-state index contributed by atoms with van der Waals surface area (Å²) in [5.41, 5.74) is 3.54. The Kier molecular flexibility index (Phi) is 6.28. The molecule has 4 atom stereocenters. The summed E-state index contributed by atoms with van der Waals surface area (Å²) in [6.45, 7) is 0.386. The van der Waals surface area contributed by atoms with Crippen molar-refractivity contribution in [3.8, 4) is 0 Å². The maximum atomic E-state index is 13.2. The molecule has 4 unspecified atom stereocenters. The van der Waals surface area contributed by atoms with Crippen molar-refractivity contribution < 1.29 is 9.23 Å². The van der Waals surface area contributed by atoms with Crippen LogP contribution in [0, 0.1) is 17.7 Å². The number of alkyl halides is 1. The van der Waals surface area contributed by atoms with Crippen LogP contribution in [0.3, 0.4) is 0 Å². The average molecular weight is 493 g/mol. The second-order valence-electron chi connectivity index (χ2n) is 8.38. The summed E-state index contributed by atoms with van der Waals surface area (Å²) in [6.07, 6.45) is 17.3. The van der Waals surface area contributed by atoms with E-state index in [1.165, 1.54) is 23.4 Å². The van der Waals surface area contributed by atoms with E-state index < -0.39 is 0 Å². The van der Waals surface area contributed by atoms with Crippen molar-refractivity contribution in [3.05, 3.63) is 120 Å². The van der Waals surface area contributed by atoms with Gasteiger partial charge in [-0.1, -0.05) is 88.8 Å². The summed E-state index contributed by atoms with van der Waals surface area (Å²) in [5.74, 6) is 0.503. The Bertz CT molecular complexity index is 1050. The molecule has 164 valence electrons. The van der Waals surface area contributed by atoms with E-state index in [0.29, 0.717) is 24.5 Å². The van der Waals surface area contributed by atoms with Crippen molar-refractivity contribution in [2.24, 2.45) is 11.8 Å². The van der Waals surface area contributed by atoms with Gasteiger partial charge in [-0.15, -0.1) is 0 Å². The fourth-order valence-corrected chi connectivity index (χ4v) is 5.46. The highest BCUT2D eigenvalue weighted by Crippen LogP contribution is 2.46. The number of fused-ring (bicyclic) bond motifs is 3. The number of allylic oxidation sites excluding steroid dienone is 3. The van der Waals surface area contributed by atoms with Gasteiger partial charge in [-0.3, -0.25) is 4.84 Å². The molecule has 0 aromatic heterocycles. The van der Waals surface area contributed by atoms with Crippen LogP contribution in [-0.4, -0.2) is 21.0 Å². The minimum atomic E-state index is -0.235. The van der Waals surface area contributed by atoms with Crippen LogP contribution in [0.5, 0.6) is 0 Å². The number of likely N-dealkylation sites (tertiary alicyclic amines) is 1. The molecule has 0 spiro atoms. The summed E-state index contributed by atoms with van der Waals surface area (Å²) in [4.78, 5) is 8.71. The highest BCUT2D eigenvalue weighted by Gasteiger charge is 2.45. The molecule has 0 radical (unpaired) electrons. The van der Waals surface area contributed by atoms with Gasteiger partial charge >= 0.3 is 0 Å². The van der Waals surface area contributed by atoms with Crippen molar-refractivity contribution in [2.45, 2.75) is 30.4 Å². The van der Waals surface area contributed by atoms with Crippen molar-refractivity contribution >= 4 is 15.9 Å². The molecule has 2 aliphatic heterocycles. The number of rotatable bonds is 7. The van der Waals surface area contributed by atoms with Gasteiger partial charge in [0, 0.05) is 23.7 Å². The molecular formula is C27H26BrFN2O. The van der Waals surface area contributed by atoms with E-state index in [0.717, 1.165) is 18.4 Å². The van der Waals surface area contributed by atoms with Gasteiger partial charge in [-0.2, -0.15) is 0 Å². The molecule has 2 aromatic carbocycles. The fraction of sp³-hybridized carbons (Fsp3) is 0.259. The molecule has 0 amide bonds. The summed E-state index contributed by atoms with van der Waals surface area (Å²) in [5, 5.41) is 1.78. The van der Waals surface area contributed by atoms with Crippen LogP contribution in [-0.2, 0) is 17.9 Å². The topological polar surface area (TPSA) is 15.7 Å². The molecule has 2 heterocycles. The first-order valence-corrected chi connectivity index (χ1v) is 12.0. The standard InChI is InChI=1S/C27H26BrFN2O/c28-27(15-12-20-6-2-1-3-7-20)31-25-9-5-4-8-23(25)24-16-17-30(18-26(24)31)32-19-21-10-13-22(29)14-11-21/h1-11,13-14,16-18,23-25,27H,12,15,19H2. The number of nitrogens with zero attached hydrogens (tertiary/aromatic N) is 2. The number of aryl methyl sites for hydroxylation is 1. The Morgan fingerprint density at radius 2 is 1.72 bits per heavy atom. The van der Waals surface area contributed by atoms with Crippen LogP contribution in [0.1, 0.15) is 17.5 Å². The smallest absolute Gasteiger partial charge is 0.123 e. The SMILES string of the molecule is Fc1ccc(CON2C=CC3C(=C2)N(C(Br)CCc2ccccc2)C2C=CC=CC32)cc1. The molecule has 0 saturated carbocycles. The van der Waals surface area contributed by atoms with Crippen LogP contribution < -0.4 is 0 Å². The van der Waals surface area contributed by atoms with Crippen LogP contribution in [0.2, 0.25) is 0 Å². The van der Waals surface area contributed by atoms with Crippen LogP contribution in [0.15, 0.2) is 103 Å². The van der Waals surface area contributed by atoms with Crippen LogP contribution >= 0.6 is 15.9 Å². The van der Waals surface area contributed by atoms with Gasteiger partial charge in [0.05, 0.1) is 17.2 Å². The third-order valence-electron chi connectivity index (χ3n) is 6.33. The molecule has 32 heavy (non-hydrogen) atoms. The zero-order chi connectivity index (χ0) is 21.9. The zero-order valence-electron chi connectivity index (χ0n) is 17.7. The number of benzene rings is 2. The Morgan fingerprint density at radius 3 is 2.53 bits per heavy atom. The van der Waals surface area contributed by atoms with Gasteiger partial charge in [-0.25, -0.2) is 9.45 Å². The lowest BCUT2D eigenvalue weighted by Gasteiger charge is -2.34. The molecule has 1 aliphatic carbocycles. The van der Waals surface area contributed by atoms with Gasteiger partial charge in [-0.05, 0) is 36.1 Å². The third kappa shape index (κ3) is 4.45. The average Bonchev–Trinajstić information content (AvgIpc) is 3.16. The third-order valence-corrected chi connectivity index (χ3v) is 7.23. The molecule has 5 heteroatoms. The van der Waals surface area contributed by atoms with Crippen molar-refractivity contribution in [2.75, 3.05) is 0 Å². The largest absolute Gasteiger partial charge is 0.353 e. The van der Waals surface area contributed by atoms with Gasteiger partial charge in [0.2, 0.25) is 0 Å². The molecule has 0 N–H and O–H groups in total. The van der Waals surface area contributed by atoms with Crippen molar-refractivity contribution in [1.29, 1.82) is 0 Å². The predicted molar refractivity (Wildman–Crippen MR) is 129 cm³/mol. The van der Waals surface area contributed by atoms with E-state index >= 15 is 0 Å². The fourth-order valence-electron chi connectivity index (χ4n) is 4.72. The highest BCUT2D eigenvalue weighted by molar-refractivity contribution is 9.09. The summed E-state index contributed by atoms with van der Waals surface area (Å²) in [6, 6.07) is 17.4. The lowest BCUT2D eigenvalue weighted by Crippen LogP contribution is -2.36. The van der Waals surface area contributed by atoms with Crippen molar-refractivity contribution in [1.82, 2.24) is 9.96 Å². The van der Waals surface area contributed by atoms with Gasteiger partial charge in [0.1, 0.15) is 12.4 Å². The monoisotopic (exact) mass is 492 g/mol. The van der Waals surface area contributed by atoms with Crippen LogP contribution in [0.25, 0.3) is 0 Å². The molecule has 0 bridgehead atoms. The second kappa shape index (κ2) is 9.47. The second-order valence-corrected chi connectivity index (χ2v) is 9.44. The van der Waals surface area contributed by atoms with Gasteiger partial charge < -0.3 is 4.90 Å². The van der Waals surface area contributed by atoms with Crippen LogP contribution in [0.4, 0.5) is 4.39 Å². The van der Waals surface area contributed by atoms with E-state index in [2.05, 4.69) is 87.7 Å². The molecule has 2 aromatic rings. The minimum absolute atomic E-state index is 0.216. The van der Waals surface area contributed by atoms with E-state index in [1.807, 2.05) is 6.20 Å². The molecule has 1 saturated heterocycles. The predicted octanol–water partition coefficient (Wildman–Crippen LogP) is 6.32. The number of hydrogen-bond acceptors (Lipinski definition) is 3. The van der Waals surface area contributed by atoms with E-state index in [9.17, 15) is 4.39 Å². The van der Waals surface area contributed by atoms with Crippen molar-refractivity contribution in [3.63, 3.8) is 0 Å². The Labute approximate surface area is 197 Å². The molecule has 5 rings (SSSR count). The maximum absolute atomic E-state index is 13.2. The summed E-state index contributed by atoms with van der Waals surface area (Å²) in [7, 11) is 0. The first-order chi connectivity index (χ1) is 15.7. The minimum Gasteiger partial charge on any atom is -0.353 e. The number of hydroxylamine groups is 2. The first kappa shape index (κ1) is 21.2. The lowest BCUT2D eigenvalue weighted by atomic mass is 9.86. The zero-order valence-corrected chi connectivity index (χ0v) is 19.3. The van der Waals surface area contributed by atoms with E-state index in [4.69, 9.17) is 4.84 Å². The summed E-state index contributed by atoms with van der Waals surface area (Å²) < 4.78 is 13.2. The first-order valence-electron chi connectivity index (χ1n) is 11.1. The normalized spacial score (nSPS) is 24.3. The Hall–Kier alpha value is -2.63. The molecule has 3 aliphatic rings. The van der Waals surface area contributed by atoms with Gasteiger partial charge in [0.25, 0.3) is 0 Å². The highest BCUT2D eigenvalue weighted by atomic mass is 79.9.